The van der Waals surface area contributed by atoms with Gasteiger partial charge in [0.2, 0.25) is 0 Å². The van der Waals surface area contributed by atoms with Gasteiger partial charge in [0.05, 0.1) is 6.54 Å². The monoisotopic (exact) mass is 360 g/mol. The summed E-state index contributed by atoms with van der Waals surface area (Å²) in [6.45, 7) is 2.70. The number of nitrogens with zero attached hydrogens (tertiary/aromatic N) is 5. The Morgan fingerprint density at radius 3 is 2.63 bits per heavy atom. The van der Waals surface area contributed by atoms with Crippen LogP contribution >= 0.6 is 0 Å². The van der Waals surface area contributed by atoms with Crippen molar-refractivity contribution < 1.29 is 0 Å². The largest absolute Gasteiger partial charge is 0.343 e. The molecule has 1 aliphatic rings. The van der Waals surface area contributed by atoms with E-state index in [2.05, 4.69) is 32.4 Å². The molecule has 0 spiro atoms. The van der Waals surface area contributed by atoms with E-state index in [1.165, 1.54) is 19.3 Å². The van der Waals surface area contributed by atoms with E-state index in [0.29, 0.717) is 6.54 Å². The van der Waals surface area contributed by atoms with E-state index >= 15 is 0 Å². The van der Waals surface area contributed by atoms with E-state index in [0.717, 1.165) is 36.1 Å². The zero-order chi connectivity index (χ0) is 18.3. The van der Waals surface area contributed by atoms with Gasteiger partial charge in [0, 0.05) is 37.4 Å². The second kappa shape index (κ2) is 8.49. The first-order valence-electron chi connectivity index (χ1n) is 9.45. The van der Waals surface area contributed by atoms with Crippen molar-refractivity contribution in [2.45, 2.75) is 25.8 Å². The summed E-state index contributed by atoms with van der Waals surface area (Å²) in [5.74, 6) is 1.75. The highest BCUT2D eigenvalue weighted by Crippen LogP contribution is 2.14. The molecule has 6 heteroatoms. The Morgan fingerprint density at radius 1 is 1.00 bits per heavy atom. The molecule has 0 unspecified atom stereocenters. The van der Waals surface area contributed by atoms with Crippen LogP contribution in [0, 0.1) is 0 Å². The molecule has 0 radical (unpaired) electrons. The van der Waals surface area contributed by atoms with Crippen LogP contribution < -0.4 is 5.32 Å². The van der Waals surface area contributed by atoms with Gasteiger partial charge >= 0.3 is 0 Å². The summed E-state index contributed by atoms with van der Waals surface area (Å²) in [6, 6.07) is 16.2. The number of aliphatic imine (C=N–C) groups is 1. The Bertz CT molecular complexity index is 867. The van der Waals surface area contributed by atoms with Gasteiger partial charge in [-0.2, -0.15) is 5.10 Å². The topological polar surface area (TPSA) is 58.3 Å². The molecule has 3 heterocycles. The fourth-order valence-corrected chi connectivity index (χ4v) is 3.23. The van der Waals surface area contributed by atoms with Crippen LogP contribution in [0.2, 0.25) is 0 Å². The first-order chi connectivity index (χ1) is 13.4. The molecular formula is C21H24N6. The number of anilines is 1. The minimum absolute atomic E-state index is 0.600. The molecule has 138 valence electrons. The number of para-hydroxylation sites is 1. The van der Waals surface area contributed by atoms with Crippen LogP contribution in [0.1, 0.15) is 24.8 Å². The maximum atomic E-state index is 4.91. The van der Waals surface area contributed by atoms with Gasteiger partial charge < -0.3 is 10.2 Å². The predicted octanol–water partition coefficient (Wildman–Crippen LogP) is 3.72. The quantitative estimate of drug-likeness (QED) is 0.569. The molecule has 1 fully saturated rings. The molecule has 4 rings (SSSR count). The number of pyridine rings is 1. The van der Waals surface area contributed by atoms with Gasteiger partial charge in [-0.3, -0.25) is 0 Å². The number of rotatable bonds is 4. The van der Waals surface area contributed by atoms with E-state index in [1.807, 2.05) is 48.8 Å². The van der Waals surface area contributed by atoms with Crippen LogP contribution in [-0.2, 0) is 6.54 Å². The predicted molar refractivity (Wildman–Crippen MR) is 108 cm³/mol. The van der Waals surface area contributed by atoms with E-state index in [4.69, 9.17) is 4.99 Å². The molecule has 0 amide bonds. The Hall–Kier alpha value is -3.15. The van der Waals surface area contributed by atoms with Crippen molar-refractivity contribution >= 4 is 11.6 Å². The highest BCUT2D eigenvalue weighted by Gasteiger charge is 2.15. The third kappa shape index (κ3) is 4.53. The van der Waals surface area contributed by atoms with Crippen molar-refractivity contribution in [3.63, 3.8) is 0 Å². The lowest BCUT2D eigenvalue weighted by Crippen LogP contribution is -2.40. The number of piperidine rings is 1. The normalized spacial score (nSPS) is 15.0. The van der Waals surface area contributed by atoms with Crippen molar-refractivity contribution in [1.29, 1.82) is 0 Å². The summed E-state index contributed by atoms with van der Waals surface area (Å²) in [4.78, 5) is 11.7. The van der Waals surface area contributed by atoms with E-state index in [1.54, 1.807) is 10.9 Å². The Kier molecular flexibility index (Phi) is 5.43. The second-order valence-electron chi connectivity index (χ2n) is 6.65. The standard InChI is InChI=1S/C21H24N6/c1-3-8-19(9-4-1)25-21(26-13-5-2-6-14-26)23-17-18-10-12-22-20(16-18)27-15-7-11-24-27/h1,3-4,7-12,15-16H,2,5-6,13-14,17H2,(H,23,25). The summed E-state index contributed by atoms with van der Waals surface area (Å²) >= 11 is 0. The van der Waals surface area contributed by atoms with Crippen LogP contribution in [0.25, 0.3) is 5.82 Å². The van der Waals surface area contributed by atoms with Gasteiger partial charge in [0.25, 0.3) is 0 Å². The van der Waals surface area contributed by atoms with Gasteiger partial charge in [-0.1, -0.05) is 18.2 Å². The lowest BCUT2D eigenvalue weighted by Gasteiger charge is -2.30. The molecule has 1 aliphatic heterocycles. The number of guanidine groups is 1. The molecule has 0 atom stereocenters. The maximum Gasteiger partial charge on any atom is 0.198 e. The number of nitrogens with one attached hydrogen (secondary N) is 1. The lowest BCUT2D eigenvalue weighted by molar-refractivity contribution is 0.340. The van der Waals surface area contributed by atoms with Crippen molar-refractivity contribution in [3.05, 3.63) is 72.7 Å². The Morgan fingerprint density at radius 2 is 1.85 bits per heavy atom. The van der Waals surface area contributed by atoms with E-state index < -0.39 is 0 Å². The molecular weight excluding hydrogens is 336 g/mol. The van der Waals surface area contributed by atoms with Gasteiger partial charge in [-0.25, -0.2) is 14.7 Å². The van der Waals surface area contributed by atoms with E-state index in [9.17, 15) is 0 Å². The minimum Gasteiger partial charge on any atom is -0.343 e. The molecule has 1 saturated heterocycles. The summed E-state index contributed by atoms with van der Waals surface area (Å²) in [7, 11) is 0. The van der Waals surface area contributed by atoms with E-state index in [-0.39, 0.29) is 0 Å². The van der Waals surface area contributed by atoms with Gasteiger partial charge in [-0.05, 0) is 55.2 Å². The zero-order valence-electron chi connectivity index (χ0n) is 15.3. The van der Waals surface area contributed by atoms with Gasteiger partial charge in [-0.15, -0.1) is 0 Å². The number of aromatic nitrogens is 3. The van der Waals surface area contributed by atoms with Crippen molar-refractivity contribution in [2.75, 3.05) is 18.4 Å². The number of hydrogen-bond acceptors (Lipinski definition) is 3. The fraction of sp³-hybridized carbons (Fsp3) is 0.286. The molecule has 0 saturated carbocycles. The van der Waals surface area contributed by atoms with Crippen LogP contribution in [0.4, 0.5) is 5.69 Å². The molecule has 0 bridgehead atoms. The van der Waals surface area contributed by atoms with Crippen LogP contribution in [-0.4, -0.2) is 38.7 Å². The minimum atomic E-state index is 0.600. The van der Waals surface area contributed by atoms with Crippen molar-refractivity contribution in [1.82, 2.24) is 19.7 Å². The van der Waals surface area contributed by atoms with Crippen LogP contribution in [0.5, 0.6) is 0 Å². The molecule has 3 aromatic rings. The number of likely N-dealkylation sites (tertiary alicyclic amines) is 1. The molecule has 27 heavy (non-hydrogen) atoms. The first-order valence-corrected chi connectivity index (χ1v) is 9.45. The smallest absolute Gasteiger partial charge is 0.198 e. The Balaban J connectivity index is 1.54. The third-order valence-electron chi connectivity index (χ3n) is 4.65. The lowest BCUT2D eigenvalue weighted by atomic mass is 10.1. The highest BCUT2D eigenvalue weighted by molar-refractivity contribution is 5.93. The zero-order valence-corrected chi connectivity index (χ0v) is 15.3. The highest BCUT2D eigenvalue weighted by atomic mass is 15.3. The van der Waals surface area contributed by atoms with Crippen LogP contribution in [0.3, 0.4) is 0 Å². The molecule has 0 aliphatic carbocycles. The maximum absolute atomic E-state index is 4.91. The first kappa shape index (κ1) is 17.3. The van der Waals surface area contributed by atoms with Gasteiger partial charge in [0.15, 0.2) is 11.8 Å². The molecule has 1 N–H and O–H groups in total. The van der Waals surface area contributed by atoms with Gasteiger partial charge in [0.1, 0.15) is 0 Å². The molecule has 1 aromatic carbocycles. The SMILES string of the molecule is c1ccc(NC(=NCc2ccnc(-n3cccn3)c2)N2CCCCC2)cc1. The fourth-order valence-electron chi connectivity index (χ4n) is 3.23. The van der Waals surface area contributed by atoms with Crippen LogP contribution in [0.15, 0.2) is 72.1 Å². The summed E-state index contributed by atoms with van der Waals surface area (Å²) in [5.41, 5.74) is 2.17. The summed E-state index contributed by atoms with van der Waals surface area (Å²) < 4.78 is 1.76. The average molecular weight is 360 g/mol. The summed E-state index contributed by atoms with van der Waals surface area (Å²) in [6.07, 6.45) is 9.19. The number of benzene rings is 1. The number of hydrogen-bond donors (Lipinski definition) is 1. The molecule has 6 nitrogen and oxygen atoms in total. The summed E-state index contributed by atoms with van der Waals surface area (Å²) in [5, 5.41) is 7.75. The Labute approximate surface area is 159 Å². The second-order valence-corrected chi connectivity index (χ2v) is 6.65. The average Bonchev–Trinajstić information content (AvgIpc) is 3.28. The van der Waals surface area contributed by atoms with Crippen molar-refractivity contribution in [3.8, 4) is 5.82 Å². The third-order valence-corrected chi connectivity index (χ3v) is 4.65. The molecule has 2 aromatic heterocycles. The van der Waals surface area contributed by atoms with Crippen molar-refractivity contribution in [2.24, 2.45) is 4.99 Å².